The molecule has 1 rings (SSSR count). The fourth-order valence-electron chi connectivity index (χ4n) is 1.84. The molecule has 0 unspecified atom stereocenters. The van der Waals surface area contributed by atoms with Crippen LogP contribution in [0.3, 0.4) is 0 Å². The highest BCUT2D eigenvalue weighted by Gasteiger charge is 2.12. The molecule has 0 fully saturated rings. The van der Waals surface area contributed by atoms with Crippen molar-refractivity contribution in [3.05, 3.63) is 29.8 Å². The quantitative estimate of drug-likeness (QED) is 0.598. The van der Waals surface area contributed by atoms with Gasteiger partial charge in [0.25, 0.3) is 0 Å². The standard InChI is InChI=1S/C16H24N2O2S/c1-14(2)6-3-4-13-18-21(19,20)16-10-8-15(9-11-16)7-5-12-17/h8-11,14,18H,3-4,6,12-13,17H2,1-2H3. The highest BCUT2D eigenvalue weighted by molar-refractivity contribution is 7.89. The van der Waals surface area contributed by atoms with Gasteiger partial charge in [-0.05, 0) is 36.6 Å². The summed E-state index contributed by atoms with van der Waals surface area (Å²) in [6.45, 7) is 5.10. The summed E-state index contributed by atoms with van der Waals surface area (Å²) in [4.78, 5) is 0.268. The van der Waals surface area contributed by atoms with Crippen LogP contribution in [-0.4, -0.2) is 21.5 Å². The summed E-state index contributed by atoms with van der Waals surface area (Å²) in [6.07, 6.45) is 3.02. The summed E-state index contributed by atoms with van der Waals surface area (Å²) >= 11 is 0. The van der Waals surface area contributed by atoms with Crippen LogP contribution in [0.15, 0.2) is 29.2 Å². The molecule has 0 bridgehead atoms. The van der Waals surface area contributed by atoms with E-state index in [0.717, 1.165) is 24.8 Å². The smallest absolute Gasteiger partial charge is 0.240 e. The van der Waals surface area contributed by atoms with E-state index in [-0.39, 0.29) is 11.4 Å². The number of hydrogen-bond acceptors (Lipinski definition) is 3. The first-order valence-corrected chi connectivity index (χ1v) is 8.72. The average molecular weight is 308 g/mol. The van der Waals surface area contributed by atoms with Crippen LogP contribution in [0.2, 0.25) is 0 Å². The molecule has 5 heteroatoms. The minimum absolute atomic E-state index is 0.268. The van der Waals surface area contributed by atoms with Crippen LogP contribution in [-0.2, 0) is 10.0 Å². The van der Waals surface area contributed by atoms with Gasteiger partial charge in [-0.2, -0.15) is 0 Å². The van der Waals surface area contributed by atoms with Crippen LogP contribution in [0, 0.1) is 17.8 Å². The van der Waals surface area contributed by atoms with Crippen LogP contribution >= 0.6 is 0 Å². The van der Waals surface area contributed by atoms with Crippen molar-refractivity contribution in [1.29, 1.82) is 0 Å². The third kappa shape index (κ3) is 6.76. The van der Waals surface area contributed by atoms with E-state index in [0.29, 0.717) is 12.5 Å². The van der Waals surface area contributed by atoms with E-state index >= 15 is 0 Å². The Morgan fingerprint density at radius 1 is 1.19 bits per heavy atom. The minimum Gasteiger partial charge on any atom is -0.320 e. The average Bonchev–Trinajstić information content (AvgIpc) is 2.44. The zero-order valence-electron chi connectivity index (χ0n) is 12.7. The van der Waals surface area contributed by atoms with Gasteiger partial charge in [0.2, 0.25) is 10.0 Å². The highest BCUT2D eigenvalue weighted by Crippen LogP contribution is 2.11. The highest BCUT2D eigenvalue weighted by atomic mass is 32.2. The normalized spacial score (nSPS) is 11.2. The lowest BCUT2D eigenvalue weighted by molar-refractivity contribution is 0.530. The van der Waals surface area contributed by atoms with Crippen molar-refractivity contribution in [3.63, 3.8) is 0 Å². The van der Waals surface area contributed by atoms with Gasteiger partial charge in [0.05, 0.1) is 11.4 Å². The molecule has 0 spiro atoms. The second kappa shape index (κ2) is 8.83. The molecular formula is C16H24N2O2S. The van der Waals surface area contributed by atoms with E-state index in [1.54, 1.807) is 24.3 Å². The van der Waals surface area contributed by atoms with E-state index in [1.807, 2.05) is 0 Å². The molecule has 0 saturated carbocycles. The summed E-state index contributed by atoms with van der Waals surface area (Å²) in [5.74, 6) is 6.25. The van der Waals surface area contributed by atoms with Crippen molar-refractivity contribution >= 4 is 10.0 Å². The SMILES string of the molecule is CC(C)CCCCNS(=O)(=O)c1ccc(C#CCN)cc1. The molecule has 0 aliphatic heterocycles. The van der Waals surface area contributed by atoms with E-state index in [4.69, 9.17) is 5.73 Å². The van der Waals surface area contributed by atoms with Crippen LogP contribution in [0.4, 0.5) is 0 Å². The number of rotatable bonds is 7. The Morgan fingerprint density at radius 2 is 1.86 bits per heavy atom. The number of hydrogen-bond donors (Lipinski definition) is 2. The molecular weight excluding hydrogens is 284 g/mol. The van der Waals surface area contributed by atoms with Crippen molar-refractivity contribution < 1.29 is 8.42 Å². The Kier molecular flexibility index (Phi) is 7.44. The summed E-state index contributed by atoms with van der Waals surface area (Å²) in [5.41, 5.74) is 6.05. The molecule has 0 aliphatic carbocycles. The lowest BCUT2D eigenvalue weighted by Gasteiger charge is -2.07. The number of sulfonamides is 1. The molecule has 1 aromatic carbocycles. The summed E-state index contributed by atoms with van der Waals surface area (Å²) in [5, 5.41) is 0. The van der Waals surface area contributed by atoms with Gasteiger partial charge in [0, 0.05) is 12.1 Å². The molecule has 0 heterocycles. The second-order valence-corrected chi connectivity index (χ2v) is 7.08. The second-order valence-electron chi connectivity index (χ2n) is 5.32. The summed E-state index contributed by atoms with van der Waals surface area (Å²) in [6, 6.07) is 6.51. The van der Waals surface area contributed by atoms with Crippen molar-refractivity contribution in [1.82, 2.24) is 4.72 Å². The van der Waals surface area contributed by atoms with Gasteiger partial charge in [0.1, 0.15) is 0 Å². The van der Waals surface area contributed by atoms with Gasteiger partial charge >= 0.3 is 0 Å². The molecule has 1 aromatic rings. The molecule has 21 heavy (non-hydrogen) atoms. The van der Waals surface area contributed by atoms with Gasteiger partial charge in [-0.25, -0.2) is 13.1 Å². The van der Waals surface area contributed by atoms with Gasteiger partial charge in [-0.15, -0.1) is 0 Å². The summed E-state index contributed by atoms with van der Waals surface area (Å²) < 4.78 is 26.8. The van der Waals surface area contributed by atoms with Gasteiger partial charge in [-0.3, -0.25) is 0 Å². The van der Waals surface area contributed by atoms with E-state index in [9.17, 15) is 8.42 Å². The Labute approximate surface area is 128 Å². The molecule has 0 aliphatic rings. The molecule has 3 N–H and O–H groups in total. The van der Waals surface area contributed by atoms with Crippen molar-refractivity contribution in [3.8, 4) is 11.8 Å². The monoisotopic (exact) mass is 308 g/mol. The Hall–Kier alpha value is -1.35. The zero-order valence-corrected chi connectivity index (χ0v) is 13.5. The first-order chi connectivity index (χ1) is 9.95. The first kappa shape index (κ1) is 17.7. The Balaban J connectivity index is 2.54. The topological polar surface area (TPSA) is 72.2 Å². The molecule has 4 nitrogen and oxygen atoms in total. The lowest BCUT2D eigenvalue weighted by atomic mass is 10.1. The van der Waals surface area contributed by atoms with Crippen molar-refractivity contribution in [2.75, 3.05) is 13.1 Å². The minimum atomic E-state index is -3.42. The summed E-state index contributed by atoms with van der Waals surface area (Å²) in [7, 11) is -3.42. The first-order valence-electron chi connectivity index (χ1n) is 7.24. The Bertz CT molecular complexity index is 581. The van der Waals surface area contributed by atoms with Gasteiger partial charge in [-0.1, -0.05) is 38.5 Å². The van der Waals surface area contributed by atoms with Crippen LogP contribution in [0.25, 0.3) is 0 Å². The molecule has 0 aromatic heterocycles. The number of nitrogens with two attached hydrogens (primary N) is 1. The van der Waals surface area contributed by atoms with E-state index in [1.165, 1.54) is 0 Å². The number of unbranched alkanes of at least 4 members (excludes halogenated alkanes) is 1. The predicted octanol–water partition coefficient (Wildman–Crippen LogP) is 2.10. The molecule has 0 radical (unpaired) electrons. The van der Waals surface area contributed by atoms with E-state index < -0.39 is 10.0 Å². The number of benzene rings is 1. The van der Waals surface area contributed by atoms with Gasteiger partial charge < -0.3 is 5.73 Å². The van der Waals surface area contributed by atoms with Crippen LogP contribution in [0.5, 0.6) is 0 Å². The third-order valence-corrected chi connectivity index (χ3v) is 4.48. The van der Waals surface area contributed by atoms with Crippen LogP contribution in [0.1, 0.15) is 38.7 Å². The maximum atomic E-state index is 12.1. The lowest BCUT2D eigenvalue weighted by Crippen LogP contribution is -2.24. The molecule has 0 atom stereocenters. The van der Waals surface area contributed by atoms with Crippen LogP contribution < -0.4 is 10.5 Å². The van der Waals surface area contributed by atoms with Crippen molar-refractivity contribution in [2.24, 2.45) is 11.7 Å². The fourth-order valence-corrected chi connectivity index (χ4v) is 2.91. The maximum Gasteiger partial charge on any atom is 0.240 e. The Morgan fingerprint density at radius 3 is 2.43 bits per heavy atom. The molecule has 0 saturated heterocycles. The van der Waals surface area contributed by atoms with E-state index in [2.05, 4.69) is 30.4 Å². The predicted molar refractivity (Wildman–Crippen MR) is 86.3 cm³/mol. The molecule has 0 amide bonds. The maximum absolute atomic E-state index is 12.1. The van der Waals surface area contributed by atoms with Gasteiger partial charge in [0.15, 0.2) is 0 Å². The largest absolute Gasteiger partial charge is 0.320 e. The number of nitrogens with one attached hydrogen (secondary N) is 1. The third-order valence-electron chi connectivity index (χ3n) is 3.00. The van der Waals surface area contributed by atoms with Crippen molar-refractivity contribution in [2.45, 2.75) is 38.0 Å². The fraction of sp³-hybridized carbons (Fsp3) is 0.500. The molecule has 116 valence electrons. The zero-order chi connectivity index (χ0) is 15.7.